The smallest absolute Gasteiger partial charge is 0.305 e. The van der Waals surface area contributed by atoms with Crippen molar-refractivity contribution in [2.45, 2.75) is 37.8 Å². The number of carboxylic acids is 2. The molecule has 0 aromatic rings. The Labute approximate surface area is 164 Å². The number of aliphatic carboxylic acids is 2. The number of hydrogen-bond donors (Lipinski definition) is 4. The fraction of sp³-hybridized carbons (Fsp3) is 0.429. The summed E-state index contributed by atoms with van der Waals surface area (Å²) in [5.74, 6) is -4.09. The van der Waals surface area contributed by atoms with Crippen molar-refractivity contribution in [3.8, 4) is 0 Å². The van der Waals surface area contributed by atoms with Crippen molar-refractivity contribution in [2.75, 3.05) is 0 Å². The summed E-state index contributed by atoms with van der Waals surface area (Å²) in [6.45, 7) is 0. The van der Waals surface area contributed by atoms with E-state index < -0.39 is 79.8 Å². The summed E-state index contributed by atoms with van der Waals surface area (Å²) in [5, 5.41) is 17.1. The number of hydrogen-bond acceptors (Lipinski definition) is 8. The minimum atomic E-state index is -4.39. The van der Waals surface area contributed by atoms with E-state index in [1.807, 2.05) is 0 Å². The molecule has 0 radical (unpaired) electrons. The van der Waals surface area contributed by atoms with Crippen molar-refractivity contribution in [3.05, 3.63) is 20.9 Å². The third-order valence-electron chi connectivity index (χ3n) is 3.06. The van der Waals surface area contributed by atoms with Gasteiger partial charge in [0.05, 0.1) is 24.9 Å². The quantitative estimate of drug-likeness (QED) is 0.319. The number of halogens is 2. The minimum Gasteiger partial charge on any atom is -0.481 e. The Kier molecular flexibility index (Phi) is 10.4. The van der Waals surface area contributed by atoms with E-state index in [2.05, 4.69) is 0 Å². The maximum atomic E-state index is 12.1. The van der Waals surface area contributed by atoms with Crippen molar-refractivity contribution in [3.63, 3.8) is 0 Å². The number of carbonyl (C=O) groups excluding carboxylic acids is 2. The zero-order chi connectivity index (χ0) is 21.4. The summed E-state index contributed by atoms with van der Waals surface area (Å²) >= 11 is 11.2. The number of nitrogens with two attached hydrogens (primary N) is 2. The lowest BCUT2D eigenvalue weighted by Crippen LogP contribution is -2.32. The summed E-state index contributed by atoms with van der Waals surface area (Å²) in [6, 6.07) is -2.66. The van der Waals surface area contributed by atoms with Gasteiger partial charge in [-0.2, -0.15) is 0 Å². The predicted octanol–water partition coefficient (Wildman–Crippen LogP) is 0.0840. The molecule has 0 unspecified atom stereocenters. The molecule has 0 aliphatic rings. The Morgan fingerprint density at radius 3 is 1.37 bits per heavy atom. The molecule has 0 spiro atoms. The first-order valence-electron chi connectivity index (χ1n) is 7.25. The molecule has 0 fully saturated rings. The van der Waals surface area contributed by atoms with Gasteiger partial charge >= 0.3 is 11.9 Å². The Morgan fingerprint density at radius 2 is 1.11 bits per heavy atom. The Hall–Kier alpha value is -1.79. The molecule has 0 bridgehead atoms. The van der Waals surface area contributed by atoms with Gasteiger partial charge in [-0.15, -0.1) is 0 Å². The number of rotatable bonds is 12. The van der Waals surface area contributed by atoms with Crippen LogP contribution < -0.4 is 11.5 Å². The van der Waals surface area contributed by atoms with Gasteiger partial charge < -0.3 is 21.7 Å². The van der Waals surface area contributed by atoms with E-state index in [9.17, 15) is 27.6 Å². The highest BCUT2D eigenvalue weighted by atomic mass is 35.5. The standard InChI is InChI=1S/C14H18Cl2N2O8S/c15-11(3-1-9(19)7(17)5-13(21)22)27(25,26)12(16)4-2-10(20)8(18)6-14(23)24/h3-4,7-8H,1-2,5-6,17-18H2,(H,21,22)(H,23,24)/t7-,8-/m0/s1. The van der Waals surface area contributed by atoms with Gasteiger partial charge in [0.25, 0.3) is 0 Å². The molecule has 0 aromatic heterocycles. The molecule has 0 saturated carbocycles. The van der Waals surface area contributed by atoms with Crippen molar-refractivity contribution in [1.29, 1.82) is 0 Å². The molecule has 0 aliphatic carbocycles. The number of Topliss-reactive ketones (excluding diaryl/α,β-unsaturated/α-hetero) is 2. The zero-order valence-electron chi connectivity index (χ0n) is 13.8. The summed E-state index contributed by atoms with van der Waals surface area (Å²) in [4.78, 5) is 44.2. The van der Waals surface area contributed by atoms with E-state index >= 15 is 0 Å². The molecule has 0 heterocycles. The number of ketones is 2. The summed E-state index contributed by atoms with van der Waals surface area (Å²) < 4.78 is 22.5. The van der Waals surface area contributed by atoms with Crippen LogP contribution in [0.5, 0.6) is 0 Å². The first-order chi connectivity index (χ1) is 12.3. The molecule has 0 aromatic carbocycles. The van der Waals surface area contributed by atoms with Crippen LogP contribution in [0.4, 0.5) is 0 Å². The third kappa shape index (κ3) is 9.11. The van der Waals surface area contributed by atoms with Crippen LogP contribution in [0.1, 0.15) is 25.7 Å². The Morgan fingerprint density at radius 1 is 0.815 bits per heavy atom. The second-order valence-electron chi connectivity index (χ2n) is 5.27. The summed E-state index contributed by atoms with van der Waals surface area (Å²) in [5.41, 5.74) is 10.7. The van der Waals surface area contributed by atoms with Crippen molar-refractivity contribution in [2.24, 2.45) is 11.5 Å². The van der Waals surface area contributed by atoms with Crippen LogP contribution in [0.3, 0.4) is 0 Å². The first-order valence-corrected chi connectivity index (χ1v) is 9.49. The summed E-state index contributed by atoms with van der Waals surface area (Å²) in [6.07, 6.45) is -0.741. The molecule has 152 valence electrons. The van der Waals surface area contributed by atoms with E-state index in [0.29, 0.717) is 0 Å². The van der Waals surface area contributed by atoms with Crippen LogP contribution in [0.2, 0.25) is 0 Å². The van der Waals surface area contributed by atoms with Crippen molar-refractivity contribution in [1.82, 2.24) is 0 Å². The highest BCUT2D eigenvalue weighted by Crippen LogP contribution is 2.25. The molecule has 0 saturated heterocycles. The number of allylic oxidation sites excluding steroid dienone is 2. The van der Waals surface area contributed by atoms with E-state index in [0.717, 1.165) is 12.2 Å². The van der Waals surface area contributed by atoms with E-state index in [-0.39, 0.29) is 0 Å². The third-order valence-corrected chi connectivity index (χ3v) is 5.94. The highest BCUT2D eigenvalue weighted by Gasteiger charge is 2.23. The maximum Gasteiger partial charge on any atom is 0.305 e. The largest absolute Gasteiger partial charge is 0.481 e. The molecule has 6 N–H and O–H groups in total. The fourth-order valence-electron chi connectivity index (χ4n) is 1.58. The van der Waals surface area contributed by atoms with Crippen LogP contribution in [0, 0.1) is 0 Å². The topological polar surface area (TPSA) is 195 Å². The average Bonchev–Trinajstić information content (AvgIpc) is 2.55. The molecule has 27 heavy (non-hydrogen) atoms. The maximum absolute atomic E-state index is 12.1. The zero-order valence-corrected chi connectivity index (χ0v) is 16.1. The van der Waals surface area contributed by atoms with Crippen LogP contribution in [0.15, 0.2) is 20.9 Å². The van der Waals surface area contributed by atoms with Crippen LogP contribution >= 0.6 is 23.2 Å². The average molecular weight is 445 g/mol. The normalized spacial score (nSPS) is 15.1. The molecule has 0 rings (SSSR count). The van der Waals surface area contributed by atoms with E-state index in [4.69, 9.17) is 44.9 Å². The molecule has 2 atom stereocenters. The molecule has 0 aliphatic heterocycles. The molecular weight excluding hydrogens is 427 g/mol. The van der Waals surface area contributed by atoms with Crippen molar-refractivity contribution >= 4 is 56.5 Å². The van der Waals surface area contributed by atoms with Gasteiger partial charge in [0, 0.05) is 12.8 Å². The SMILES string of the molecule is N[C@@H](CC(=O)O)C(=O)CC=C(Cl)S(=O)(=O)C(Cl)=CCC(=O)[C@@H](N)CC(=O)O. The van der Waals surface area contributed by atoms with Gasteiger partial charge in [-0.25, -0.2) is 8.42 Å². The fourth-order valence-corrected chi connectivity index (χ4v) is 3.14. The molecular formula is C14H18Cl2N2O8S. The van der Waals surface area contributed by atoms with Gasteiger partial charge in [0.15, 0.2) is 11.6 Å². The monoisotopic (exact) mass is 444 g/mol. The first kappa shape index (κ1) is 25.2. The van der Waals surface area contributed by atoms with Gasteiger partial charge in [-0.1, -0.05) is 23.2 Å². The molecule has 0 amide bonds. The minimum absolute atomic E-state index is 0.543. The number of sulfone groups is 1. The Balaban J connectivity index is 5.05. The lowest BCUT2D eigenvalue weighted by molar-refractivity contribution is -0.139. The van der Waals surface area contributed by atoms with Crippen LogP contribution in [-0.4, -0.2) is 54.2 Å². The molecule has 13 heteroatoms. The number of carboxylic acid groups (broad SMARTS) is 2. The number of carbonyl (C=O) groups is 4. The second-order valence-corrected chi connectivity index (χ2v) is 8.42. The van der Waals surface area contributed by atoms with Gasteiger partial charge in [-0.05, 0) is 12.2 Å². The lowest BCUT2D eigenvalue weighted by Gasteiger charge is -2.07. The Bertz CT molecular complexity index is 718. The van der Waals surface area contributed by atoms with Crippen LogP contribution in [-0.2, 0) is 29.0 Å². The van der Waals surface area contributed by atoms with Gasteiger partial charge in [0.2, 0.25) is 9.84 Å². The predicted molar refractivity (Wildman–Crippen MR) is 96.5 cm³/mol. The van der Waals surface area contributed by atoms with Crippen molar-refractivity contribution < 1.29 is 37.8 Å². The summed E-state index contributed by atoms with van der Waals surface area (Å²) in [7, 11) is -4.39. The lowest BCUT2D eigenvalue weighted by atomic mass is 10.1. The van der Waals surface area contributed by atoms with Gasteiger partial charge in [0.1, 0.15) is 8.73 Å². The molecule has 10 nitrogen and oxygen atoms in total. The van der Waals surface area contributed by atoms with Crippen LogP contribution in [0.25, 0.3) is 0 Å². The van der Waals surface area contributed by atoms with E-state index in [1.54, 1.807) is 0 Å². The van der Waals surface area contributed by atoms with Gasteiger partial charge in [-0.3, -0.25) is 19.2 Å². The van der Waals surface area contributed by atoms with E-state index in [1.165, 1.54) is 0 Å². The second kappa shape index (κ2) is 11.1. The highest BCUT2D eigenvalue weighted by molar-refractivity contribution is 8.01.